The molecule has 0 radical (unpaired) electrons. The highest BCUT2D eigenvalue weighted by molar-refractivity contribution is 5.85. The van der Waals surface area contributed by atoms with E-state index in [1.807, 2.05) is 4.90 Å². The lowest BCUT2D eigenvalue weighted by Crippen LogP contribution is -2.41. The molecule has 1 atom stereocenters. The zero-order valence-electron chi connectivity index (χ0n) is 13.0. The lowest BCUT2D eigenvalue weighted by Gasteiger charge is -2.23. The zero-order chi connectivity index (χ0) is 15.5. The second-order valence-electron chi connectivity index (χ2n) is 6.13. The van der Waals surface area contributed by atoms with E-state index in [1.54, 1.807) is 11.8 Å². The van der Waals surface area contributed by atoms with Crippen LogP contribution in [0.1, 0.15) is 49.7 Å². The molecular weight excluding hydrogens is 284 g/mol. The minimum absolute atomic E-state index is 0.0222. The molecule has 1 aromatic heterocycles. The molecule has 0 aliphatic carbocycles. The van der Waals surface area contributed by atoms with Crippen LogP contribution >= 0.6 is 0 Å². The maximum atomic E-state index is 12.4. The molecule has 0 bridgehead atoms. The number of likely N-dealkylation sites (tertiary alicyclic amines) is 2. The Labute approximate surface area is 129 Å². The number of amides is 2. The second kappa shape index (κ2) is 6.46. The monoisotopic (exact) mass is 306 g/mol. The molecule has 7 heteroatoms. The molecule has 2 aliphatic heterocycles. The predicted molar refractivity (Wildman–Crippen MR) is 78.0 cm³/mol. The van der Waals surface area contributed by atoms with Gasteiger partial charge in [0.1, 0.15) is 0 Å². The summed E-state index contributed by atoms with van der Waals surface area (Å²) in [4.78, 5) is 32.2. The Morgan fingerprint density at radius 1 is 1.32 bits per heavy atom. The van der Waals surface area contributed by atoms with Crippen LogP contribution in [0.2, 0.25) is 0 Å². The maximum Gasteiger partial charge on any atom is 0.242 e. The first-order valence-corrected chi connectivity index (χ1v) is 7.99. The topological polar surface area (TPSA) is 79.5 Å². The van der Waals surface area contributed by atoms with Crippen LogP contribution in [-0.4, -0.2) is 57.9 Å². The fourth-order valence-electron chi connectivity index (χ4n) is 3.14. The van der Waals surface area contributed by atoms with Gasteiger partial charge < -0.3 is 14.3 Å². The average molecular weight is 306 g/mol. The highest BCUT2D eigenvalue weighted by Gasteiger charge is 2.32. The average Bonchev–Trinajstić information content (AvgIpc) is 3.09. The van der Waals surface area contributed by atoms with Crippen molar-refractivity contribution in [3.63, 3.8) is 0 Å². The number of carbonyl (C=O) groups excluding carboxylic acids is 2. The van der Waals surface area contributed by atoms with Crippen molar-refractivity contribution >= 4 is 11.8 Å². The number of aryl methyl sites for hydroxylation is 1. The van der Waals surface area contributed by atoms with Crippen molar-refractivity contribution in [3.05, 3.63) is 11.7 Å². The fourth-order valence-corrected chi connectivity index (χ4v) is 3.14. The van der Waals surface area contributed by atoms with Crippen LogP contribution in [0.15, 0.2) is 4.52 Å². The summed E-state index contributed by atoms with van der Waals surface area (Å²) in [5.41, 5.74) is 0. The number of rotatable bonds is 3. The number of hydrogen-bond acceptors (Lipinski definition) is 5. The van der Waals surface area contributed by atoms with Crippen molar-refractivity contribution in [1.29, 1.82) is 0 Å². The molecule has 2 saturated heterocycles. The molecule has 120 valence electrons. The van der Waals surface area contributed by atoms with E-state index in [0.29, 0.717) is 37.8 Å². The third-order valence-corrected chi connectivity index (χ3v) is 4.43. The Balaban J connectivity index is 1.56. The van der Waals surface area contributed by atoms with Gasteiger partial charge in [-0.3, -0.25) is 9.59 Å². The first-order valence-electron chi connectivity index (χ1n) is 7.99. The summed E-state index contributed by atoms with van der Waals surface area (Å²) in [6.07, 6.45) is 4.39. The first-order chi connectivity index (χ1) is 10.6. The molecule has 0 unspecified atom stereocenters. The van der Waals surface area contributed by atoms with E-state index in [2.05, 4.69) is 10.1 Å². The molecule has 2 fully saturated rings. The van der Waals surface area contributed by atoms with E-state index >= 15 is 0 Å². The highest BCUT2D eigenvalue weighted by atomic mass is 16.5. The second-order valence-corrected chi connectivity index (χ2v) is 6.13. The quantitative estimate of drug-likeness (QED) is 0.835. The van der Waals surface area contributed by atoms with Crippen molar-refractivity contribution in [1.82, 2.24) is 19.9 Å². The van der Waals surface area contributed by atoms with E-state index < -0.39 is 0 Å². The standard InChI is InChI=1S/C15H22N4O3/c1-11-16-15(22-17-11)12-6-8-19(9-12)14(21)10-18-7-4-2-3-5-13(18)20/h12H,2-10H2,1H3/t12-/m0/s1. The van der Waals surface area contributed by atoms with Gasteiger partial charge in [-0.2, -0.15) is 4.98 Å². The number of hydrogen-bond donors (Lipinski definition) is 0. The molecule has 1 aromatic rings. The van der Waals surface area contributed by atoms with Crippen molar-refractivity contribution in [2.45, 2.75) is 44.9 Å². The summed E-state index contributed by atoms with van der Waals surface area (Å²) in [6.45, 7) is 3.98. The van der Waals surface area contributed by atoms with E-state index in [4.69, 9.17) is 4.52 Å². The summed E-state index contributed by atoms with van der Waals surface area (Å²) >= 11 is 0. The zero-order valence-corrected chi connectivity index (χ0v) is 13.0. The number of nitrogens with zero attached hydrogens (tertiary/aromatic N) is 4. The summed E-state index contributed by atoms with van der Waals surface area (Å²) in [5, 5.41) is 3.80. The number of aromatic nitrogens is 2. The Kier molecular flexibility index (Phi) is 4.40. The van der Waals surface area contributed by atoms with Crippen LogP contribution in [-0.2, 0) is 9.59 Å². The molecule has 7 nitrogen and oxygen atoms in total. The molecule has 2 aliphatic rings. The van der Waals surface area contributed by atoms with Gasteiger partial charge in [0, 0.05) is 26.1 Å². The third kappa shape index (κ3) is 3.28. The van der Waals surface area contributed by atoms with Gasteiger partial charge in [0.15, 0.2) is 5.82 Å². The minimum atomic E-state index is 0.0222. The van der Waals surface area contributed by atoms with Gasteiger partial charge >= 0.3 is 0 Å². The molecule has 0 spiro atoms. The van der Waals surface area contributed by atoms with Gasteiger partial charge in [-0.05, 0) is 26.2 Å². The smallest absolute Gasteiger partial charge is 0.242 e. The lowest BCUT2D eigenvalue weighted by atomic mass is 10.1. The van der Waals surface area contributed by atoms with Crippen molar-refractivity contribution in [2.24, 2.45) is 0 Å². The van der Waals surface area contributed by atoms with Crippen molar-refractivity contribution in [3.8, 4) is 0 Å². The van der Waals surface area contributed by atoms with Gasteiger partial charge in [0.25, 0.3) is 0 Å². The molecule has 0 aromatic carbocycles. The van der Waals surface area contributed by atoms with Gasteiger partial charge in [0.2, 0.25) is 17.7 Å². The molecule has 3 rings (SSSR count). The lowest BCUT2D eigenvalue weighted by molar-refractivity contribution is -0.139. The van der Waals surface area contributed by atoms with Crippen molar-refractivity contribution in [2.75, 3.05) is 26.2 Å². The van der Waals surface area contributed by atoms with Crippen molar-refractivity contribution < 1.29 is 14.1 Å². The Bertz CT molecular complexity index is 557. The van der Waals surface area contributed by atoms with Crippen LogP contribution in [0, 0.1) is 6.92 Å². The van der Waals surface area contributed by atoms with Crippen LogP contribution in [0.4, 0.5) is 0 Å². The molecule has 22 heavy (non-hydrogen) atoms. The fraction of sp³-hybridized carbons (Fsp3) is 0.733. The largest absolute Gasteiger partial charge is 0.340 e. The molecular formula is C15H22N4O3. The number of carbonyl (C=O) groups is 2. The summed E-state index contributed by atoms with van der Waals surface area (Å²) in [6, 6.07) is 0. The Morgan fingerprint density at radius 3 is 2.95 bits per heavy atom. The van der Waals surface area contributed by atoms with Gasteiger partial charge in [-0.1, -0.05) is 11.6 Å². The molecule has 0 saturated carbocycles. The summed E-state index contributed by atoms with van der Waals surface area (Å²) in [7, 11) is 0. The Hall–Kier alpha value is -1.92. The van der Waals surface area contributed by atoms with Gasteiger partial charge in [-0.25, -0.2) is 0 Å². The van der Waals surface area contributed by atoms with E-state index in [-0.39, 0.29) is 24.3 Å². The van der Waals surface area contributed by atoms with E-state index in [0.717, 1.165) is 25.7 Å². The summed E-state index contributed by atoms with van der Waals surface area (Å²) < 4.78 is 5.20. The van der Waals surface area contributed by atoms with Gasteiger partial charge in [0.05, 0.1) is 12.5 Å². The van der Waals surface area contributed by atoms with Gasteiger partial charge in [-0.15, -0.1) is 0 Å². The molecule has 0 N–H and O–H groups in total. The first kappa shape index (κ1) is 15.0. The van der Waals surface area contributed by atoms with Crippen LogP contribution < -0.4 is 0 Å². The molecule has 2 amide bonds. The maximum absolute atomic E-state index is 12.4. The van der Waals surface area contributed by atoms with Crippen LogP contribution in [0.25, 0.3) is 0 Å². The molecule has 3 heterocycles. The Morgan fingerprint density at radius 2 is 2.18 bits per heavy atom. The van der Waals surface area contributed by atoms with Crippen LogP contribution in [0.3, 0.4) is 0 Å². The summed E-state index contributed by atoms with van der Waals surface area (Å²) in [5.74, 6) is 1.47. The minimum Gasteiger partial charge on any atom is -0.340 e. The highest BCUT2D eigenvalue weighted by Crippen LogP contribution is 2.26. The predicted octanol–water partition coefficient (Wildman–Crippen LogP) is 1.10. The SMILES string of the molecule is Cc1noc([C@H]2CCN(C(=O)CN3CCCCCC3=O)C2)n1. The van der Waals surface area contributed by atoms with Crippen LogP contribution in [0.5, 0.6) is 0 Å². The normalized spacial score (nSPS) is 23.0. The van der Waals surface area contributed by atoms with E-state index in [1.165, 1.54) is 0 Å². The third-order valence-electron chi connectivity index (χ3n) is 4.43. The van der Waals surface area contributed by atoms with E-state index in [9.17, 15) is 9.59 Å².